The Kier molecular flexibility index (Phi) is 2.87. The maximum atomic E-state index is 5.64. The summed E-state index contributed by atoms with van der Waals surface area (Å²) < 4.78 is 0. The average molecular weight is 189 g/mol. The van der Waals surface area contributed by atoms with Crippen molar-refractivity contribution in [3.05, 3.63) is 35.4 Å². The lowest BCUT2D eigenvalue weighted by atomic mass is 9.79. The van der Waals surface area contributed by atoms with Crippen LogP contribution in [0.25, 0.3) is 0 Å². The average Bonchev–Trinajstić information content (AvgIpc) is 2.15. The van der Waals surface area contributed by atoms with E-state index >= 15 is 0 Å². The van der Waals surface area contributed by atoms with E-state index in [0.717, 1.165) is 12.5 Å². The van der Waals surface area contributed by atoms with Gasteiger partial charge in [0, 0.05) is 0 Å². The molecular formula is C13H19N. The summed E-state index contributed by atoms with van der Waals surface area (Å²) in [5.41, 5.74) is 8.53. The van der Waals surface area contributed by atoms with Crippen LogP contribution in [0.15, 0.2) is 24.3 Å². The minimum Gasteiger partial charge on any atom is -0.330 e. The van der Waals surface area contributed by atoms with Crippen LogP contribution < -0.4 is 5.73 Å². The van der Waals surface area contributed by atoms with Gasteiger partial charge in [-0.25, -0.2) is 0 Å². The van der Waals surface area contributed by atoms with Crippen LogP contribution in [0.5, 0.6) is 0 Å². The fourth-order valence-electron chi connectivity index (χ4n) is 1.97. The molecular weight excluding hydrogens is 170 g/mol. The van der Waals surface area contributed by atoms with Crippen molar-refractivity contribution in [2.24, 2.45) is 5.73 Å². The Hall–Kier alpha value is -0.820. The monoisotopic (exact) mass is 189 g/mol. The van der Waals surface area contributed by atoms with Gasteiger partial charge in [0.15, 0.2) is 0 Å². The fourth-order valence-corrected chi connectivity index (χ4v) is 1.97. The first-order valence-electron chi connectivity index (χ1n) is 5.61. The maximum Gasteiger partial charge on any atom is -0.00109 e. The molecule has 1 atom stereocenters. The Balaban J connectivity index is 2.09. The largest absolute Gasteiger partial charge is 0.330 e. The molecule has 0 aromatic heterocycles. The molecule has 14 heavy (non-hydrogen) atoms. The van der Waals surface area contributed by atoms with Gasteiger partial charge in [-0.1, -0.05) is 37.6 Å². The second-order valence-corrected chi connectivity index (χ2v) is 4.43. The Bertz CT molecular complexity index is 261. The third-order valence-electron chi connectivity index (χ3n) is 3.44. The number of nitrogens with two attached hydrogens (primary N) is 1. The summed E-state index contributed by atoms with van der Waals surface area (Å²) in [6.07, 6.45) is 4.17. The van der Waals surface area contributed by atoms with Crippen LogP contribution in [0.1, 0.15) is 49.1 Å². The molecule has 1 aliphatic rings. The van der Waals surface area contributed by atoms with E-state index in [-0.39, 0.29) is 0 Å². The zero-order valence-corrected chi connectivity index (χ0v) is 8.87. The summed E-state index contributed by atoms with van der Waals surface area (Å²) in [7, 11) is 0. The molecule has 0 saturated heterocycles. The molecule has 0 heterocycles. The molecule has 1 nitrogen and oxygen atoms in total. The quantitative estimate of drug-likeness (QED) is 0.777. The van der Waals surface area contributed by atoms with Gasteiger partial charge in [0.25, 0.3) is 0 Å². The zero-order valence-electron chi connectivity index (χ0n) is 8.87. The van der Waals surface area contributed by atoms with Crippen LogP contribution in [0.2, 0.25) is 0 Å². The van der Waals surface area contributed by atoms with Gasteiger partial charge >= 0.3 is 0 Å². The first-order chi connectivity index (χ1) is 6.81. The summed E-state index contributed by atoms with van der Waals surface area (Å²) in [4.78, 5) is 0. The first-order valence-corrected chi connectivity index (χ1v) is 5.61. The van der Waals surface area contributed by atoms with Gasteiger partial charge in [-0.05, 0) is 42.3 Å². The number of rotatable bonds is 3. The summed E-state index contributed by atoms with van der Waals surface area (Å²) in [5, 5.41) is 0. The van der Waals surface area contributed by atoms with Crippen molar-refractivity contribution >= 4 is 0 Å². The van der Waals surface area contributed by atoms with Gasteiger partial charge in [-0.15, -0.1) is 0 Å². The van der Waals surface area contributed by atoms with Crippen molar-refractivity contribution < 1.29 is 0 Å². The Morgan fingerprint density at radius 3 is 2.36 bits per heavy atom. The molecule has 76 valence electrons. The summed E-state index contributed by atoms with van der Waals surface area (Å²) in [6.45, 7) is 2.92. The smallest absolute Gasteiger partial charge is 0.00109 e. The molecule has 1 heteroatoms. The van der Waals surface area contributed by atoms with Crippen molar-refractivity contribution in [2.75, 3.05) is 6.54 Å². The number of benzene rings is 1. The Morgan fingerprint density at radius 2 is 1.93 bits per heavy atom. The molecule has 1 aromatic rings. The topological polar surface area (TPSA) is 26.0 Å². The second-order valence-electron chi connectivity index (χ2n) is 4.43. The molecule has 2 N–H and O–H groups in total. The van der Waals surface area contributed by atoms with Crippen LogP contribution in [0, 0.1) is 0 Å². The van der Waals surface area contributed by atoms with E-state index < -0.39 is 0 Å². The highest BCUT2D eigenvalue weighted by Crippen LogP contribution is 2.36. The SMILES string of the molecule is C[C@H](CN)c1ccc(C2CCC2)cc1. The zero-order chi connectivity index (χ0) is 9.97. The molecule has 0 amide bonds. The maximum absolute atomic E-state index is 5.64. The van der Waals surface area contributed by atoms with Gasteiger partial charge < -0.3 is 5.73 Å². The van der Waals surface area contributed by atoms with Crippen LogP contribution in [-0.4, -0.2) is 6.54 Å². The van der Waals surface area contributed by atoms with Crippen molar-refractivity contribution in [1.82, 2.24) is 0 Å². The molecule has 1 saturated carbocycles. The van der Waals surface area contributed by atoms with Crippen molar-refractivity contribution in [3.63, 3.8) is 0 Å². The van der Waals surface area contributed by atoms with Crippen molar-refractivity contribution in [2.45, 2.75) is 38.0 Å². The van der Waals surface area contributed by atoms with Gasteiger partial charge in [0.1, 0.15) is 0 Å². The van der Waals surface area contributed by atoms with Crippen molar-refractivity contribution in [1.29, 1.82) is 0 Å². The lowest BCUT2D eigenvalue weighted by Gasteiger charge is -2.26. The molecule has 0 radical (unpaired) electrons. The molecule has 1 fully saturated rings. The van der Waals surface area contributed by atoms with Gasteiger partial charge in [-0.3, -0.25) is 0 Å². The molecule has 0 spiro atoms. The second kappa shape index (κ2) is 4.14. The minimum absolute atomic E-state index is 0.491. The fraction of sp³-hybridized carbons (Fsp3) is 0.538. The third-order valence-corrected chi connectivity index (χ3v) is 3.44. The van der Waals surface area contributed by atoms with Crippen molar-refractivity contribution in [3.8, 4) is 0 Å². The molecule has 2 rings (SSSR count). The molecule has 1 aromatic carbocycles. The number of hydrogen-bond donors (Lipinski definition) is 1. The molecule has 0 aliphatic heterocycles. The predicted octanol–water partition coefficient (Wildman–Crippen LogP) is 3.02. The highest BCUT2D eigenvalue weighted by atomic mass is 14.5. The summed E-state index contributed by atoms with van der Waals surface area (Å²) in [6, 6.07) is 9.05. The van der Waals surface area contributed by atoms with Crippen LogP contribution in [-0.2, 0) is 0 Å². The molecule has 1 aliphatic carbocycles. The van der Waals surface area contributed by atoms with Gasteiger partial charge in [0.2, 0.25) is 0 Å². The normalized spacial score (nSPS) is 19.0. The Labute approximate surface area is 86.3 Å². The summed E-state index contributed by atoms with van der Waals surface area (Å²) >= 11 is 0. The van der Waals surface area contributed by atoms with E-state index in [2.05, 4.69) is 31.2 Å². The van der Waals surface area contributed by atoms with E-state index in [1.807, 2.05) is 0 Å². The number of hydrogen-bond acceptors (Lipinski definition) is 1. The molecule has 0 bridgehead atoms. The highest BCUT2D eigenvalue weighted by molar-refractivity contribution is 5.28. The summed E-state index contributed by atoms with van der Waals surface area (Å²) in [5.74, 6) is 1.34. The van der Waals surface area contributed by atoms with E-state index in [1.165, 1.54) is 30.4 Å². The van der Waals surface area contributed by atoms with Crippen LogP contribution in [0.3, 0.4) is 0 Å². The van der Waals surface area contributed by atoms with E-state index in [9.17, 15) is 0 Å². The van der Waals surface area contributed by atoms with Gasteiger partial charge in [0.05, 0.1) is 0 Å². The molecule has 0 unspecified atom stereocenters. The predicted molar refractivity (Wildman–Crippen MR) is 60.5 cm³/mol. The van der Waals surface area contributed by atoms with E-state index in [4.69, 9.17) is 5.73 Å². The minimum atomic E-state index is 0.491. The lowest BCUT2D eigenvalue weighted by molar-refractivity contribution is 0.419. The third kappa shape index (κ3) is 1.83. The standard InChI is InChI=1S/C13H19N/c1-10(9-14)11-5-7-13(8-6-11)12-3-2-4-12/h5-8,10,12H,2-4,9,14H2,1H3/t10-/m1/s1. The Morgan fingerprint density at radius 1 is 1.29 bits per heavy atom. The lowest BCUT2D eigenvalue weighted by Crippen LogP contribution is -2.10. The highest BCUT2D eigenvalue weighted by Gasteiger charge is 2.19. The van der Waals surface area contributed by atoms with E-state index in [1.54, 1.807) is 0 Å². The first kappa shape index (κ1) is 9.72. The van der Waals surface area contributed by atoms with Gasteiger partial charge in [-0.2, -0.15) is 0 Å². The van der Waals surface area contributed by atoms with Crippen LogP contribution in [0.4, 0.5) is 0 Å². The van der Waals surface area contributed by atoms with E-state index in [0.29, 0.717) is 5.92 Å². The van der Waals surface area contributed by atoms with Crippen LogP contribution >= 0.6 is 0 Å².